The van der Waals surface area contributed by atoms with Crippen LogP contribution in [0.5, 0.6) is 5.75 Å². The number of halogens is 1. The van der Waals surface area contributed by atoms with Crippen molar-refractivity contribution >= 4 is 20.3 Å². The van der Waals surface area contributed by atoms with E-state index >= 15 is 0 Å². The van der Waals surface area contributed by atoms with E-state index in [9.17, 15) is 14.0 Å². The van der Waals surface area contributed by atoms with Crippen LogP contribution in [-0.4, -0.2) is 47.1 Å². The van der Waals surface area contributed by atoms with E-state index < -0.39 is 50.8 Å². The monoisotopic (exact) mass is 468 g/mol. The van der Waals surface area contributed by atoms with Crippen molar-refractivity contribution in [2.45, 2.75) is 50.9 Å². The highest BCUT2D eigenvalue weighted by molar-refractivity contribution is 7.45. The number of nitrogens with zero attached hydrogens (tertiary/aromatic N) is 2. The molecule has 0 saturated carbocycles. The standard InChI is InChI=1S/C20H26FN4O6P/c1-12(19(26)28-3)24-32(31-14-7-5-4-6-8-14)30-13(2)16-11-15(21)18(29-16)25-10-9-17(22)23-20(25)27/h4-10,12-13,15-16,18,24H,11H2,1-3H3,(H2,22,23,27). The van der Waals surface area contributed by atoms with Crippen LogP contribution >= 0.6 is 8.53 Å². The van der Waals surface area contributed by atoms with E-state index in [1.54, 1.807) is 38.1 Å². The second-order valence-corrected chi connectivity index (χ2v) is 8.37. The second kappa shape index (κ2) is 10.8. The molecule has 32 heavy (non-hydrogen) atoms. The summed E-state index contributed by atoms with van der Waals surface area (Å²) in [6, 6.07) is 9.62. The van der Waals surface area contributed by atoms with Gasteiger partial charge in [-0.1, -0.05) is 18.2 Å². The fourth-order valence-corrected chi connectivity index (χ4v) is 4.41. The molecule has 1 fully saturated rings. The third-order valence-electron chi connectivity index (χ3n) is 4.78. The molecule has 0 radical (unpaired) electrons. The van der Waals surface area contributed by atoms with Gasteiger partial charge in [0.05, 0.1) is 19.3 Å². The van der Waals surface area contributed by atoms with Crippen LogP contribution < -0.4 is 21.0 Å². The van der Waals surface area contributed by atoms with E-state index in [4.69, 9.17) is 24.3 Å². The zero-order valence-electron chi connectivity index (χ0n) is 17.9. The number of aromatic nitrogens is 2. The molecule has 0 aliphatic carbocycles. The summed E-state index contributed by atoms with van der Waals surface area (Å²) in [6.07, 6.45) is -2.53. The Balaban J connectivity index is 1.69. The Labute approximate surface area is 185 Å². The summed E-state index contributed by atoms with van der Waals surface area (Å²) in [5.41, 5.74) is 4.80. The number of para-hydroxylation sites is 1. The van der Waals surface area contributed by atoms with Crippen LogP contribution in [0.1, 0.15) is 26.5 Å². The van der Waals surface area contributed by atoms with Gasteiger partial charge in [-0.05, 0) is 32.0 Å². The highest BCUT2D eigenvalue weighted by Crippen LogP contribution is 2.41. The number of anilines is 1. The number of alkyl halides is 1. The summed E-state index contributed by atoms with van der Waals surface area (Å²) in [7, 11) is -0.530. The number of carbonyl (C=O) groups excluding carboxylic acids is 1. The van der Waals surface area contributed by atoms with Crippen LogP contribution in [0.15, 0.2) is 47.4 Å². The first kappa shape index (κ1) is 24.1. The van der Waals surface area contributed by atoms with Crippen LogP contribution in [0.4, 0.5) is 10.2 Å². The molecular formula is C20H26FN4O6P. The topological polar surface area (TPSA) is 127 Å². The van der Waals surface area contributed by atoms with Crippen LogP contribution in [0.25, 0.3) is 0 Å². The normalized spacial score (nSPS) is 23.3. The lowest BCUT2D eigenvalue weighted by Gasteiger charge is -2.27. The van der Waals surface area contributed by atoms with E-state index in [0.717, 1.165) is 4.57 Å². The van der Waals surface area contributed by atoms with Gasteiger partial charge in [-0.2, -0.15) is 4.98 Å². The van der Waals surface area contributed by atoms with Crippen molar-refractivity contribution < 1.29 is 27.7 Å². The largest absolute Gasteiger partial charge is 0.468 e. The van der Waals surface area contributed by atoms with Gasteiger partial charge in [0.25, 0.3) is 0 Å². The molecule has 0 bridgehead atoms. The third kappa shape index (κ3) is 6.01. The predicted molar refractivity (Wildman–Crippen MR) is 115 cm³/mol. The number of ether oxygens (including phenoxy) is 2. The third-order valence-corrected chi connectivity index (χ3v) is 6.28. The number of nitrogen functional groups attached to an aromatic ring is 1. The molecule has 0 amide bonds. The van der Waals surface area contributed by atoms with Gasteiger partial charge in [-0.3, -0.25) is 9.36 Å². The molecule has 10 nitrogen and oxygen atoms in total. The summed E-state index contributed by atoms with van der Waals surface area (Å²) < 4.78 is 38.2. The lowest BCUT2D eigenvalue weighted by atomic mass is 10.1. The maximum Gasteiger partial charge on any atom is 0.351 e. The van der Waals surface area contributed by atoms with Crippen molar-refractivity contribution in [2.24, 2.45) is 0 Å². The first-order chi connectivity index (χ1) is 15.3. The molecule has 6 unspecified atom stereocenters. The second-order valence-electron chi connectivity index (χ2n) is 7.20. The van der Waals surface area contributed by atoms with E-state index in [2.05, 4.69) is 10.1 Å². The molecule has 0 spiro atoms. The highest BCUT2D eigenvalue weighted by atomic mass is 31.2. The van der Waals surface area contributed by atoms with Gasteiger partial charge in [-0.15, -0.1) is 0 Å². The first-order valence-corrected chi connectivity index (χ1v) is 11.1. The Morgan fingerprint density at radius 3 is 2.72 bits per heavy atom. The van der Waals surface area contributed by atoms with E-state index in [1.807, 2.05) is 6.07 Å². The van der Waals surface area contributed by atoms with Gasteiger partial charge < -0.3 is 24.3 Å². The minimum Gasteiger partial charge on any atom is -0.468 e. The molecule has 1 saturated heterocycles. The zero-order chi connectivity index (χ0) is 23.3. The van der Waals surface area contributed by atoms with Crippen molar-refractivity contribution in [3.05, 3.63) is 53.1 Å². The Morgan fingerprint density at radius 2 is 2.06 bits per heavy atom. The summed E-state index contributed by atoms with van der Waals surface area (Å²) in [4.78, 5) is 27.5. The molecule has 3 N–H and O–H groups in total. The molecule has 3 rings (SSSR count). The Bertz CT molecular complexity index is 965. The van der Waals surface area contributed by atoms with E-state index in [0.29, 0.717) is 5.75 Å². The lowest BCUT2D eigenvalue weighted by molar-refractivity contribution is -0.142. The number of esters is 1. The molecule has 2 heterocycles. The van der Waals surface area contributed by atoms with E-state index in [1.165, 1.54) is 19.4 Å². The molecule has 1 aliphatic rings. The van der Waals surface area contributed by atoms with Gasteiger partial charge in [0.1, 0.15) is 23.8 Å². The first-order valence-electron chi connectivity index (χ1n) is 9.96. The average Bonchev–Trinajstić information content (AvgIpc) is 3.15. The molecule has 6 atom stereocenters. The molecule has 2 aromatic rings. The Hall–Kier alpha value is -2.59. The Morgan fingerprint density at radius 1 is 1.34 bits per heavy atom. The fourth-order valence-electron chi connectivity index (χ4n) is 3.08. The van der Waals surface area contributed by atoms with Crippen LogP contribution in [0, 0.1) is 0 Å². The lowest BCUT2D eigenvalue weighted by Crippen LogP contribution is -2.35. The minimum atomic E-state index is -1.81. The maximum atomic E-state index is 14.7. The Kier molecular flexibility index (Phi) is 8.14. The maximum absolute atomic E-state index is 14.7. The smallest absolute Gasteiger partial charge is 0.351 e. The molecule has 174 valence electrons. The molecule has 1 aromatic carbocycles. The summed E-state index contributed by atoms with van der Waals surface area (Å²) in [5, 5.41) is 2.96. The van der Waals surface area contributed by atoms with Crippen molar-refractivity contribution in [1.29, 1.82) is 0 Å². The van der Waals surface area contributed by atoms with Crippen molar-refractivity contribution in [3.63, 3.8) is 0 Å². The highest BCUT2D eigenvalue weighted by Gasteiger charge is 2.41. The number of carbonyl (C=O) groups is 1. The van der Waals surface area contributed by atoms with Crippen molar-refractivity contribution in [1.82, 2.24) is 14.6 Å². The van der Waals surface area contributed by atoms with Gasteiger partial charge >= 0.3 is 20.2 Å². The zero-order valence-corrected chi connectivity index (χ0v) is 18.8. The van der Waals surface area contributed by atoms with Crippen LogP contribution in [0.2, 0.25) is 0 Å². The van der Waals surface area contributed by atoms with Gasteiger partial charge in [-0.25, -0.2) is 14.3 Å². The number of benzene rings is 1. The van der Waals surface area contributed by atoms with Gasteiger partial charge in [0.2, 0.25) is 0 Å². The number of methoxy groups -OCH3 is 1. The molecular weight excluding hydrogens is 442 g/mol. The van der Waals surface area contributed by atoms with Crippen LogP contribution in [0.3, 0.4) is 0 Å². The minimum absolute atomic E-state index is 0.00369. The molecule has 1 aromatic heterocycles. The summed E-state index contributed by atoms with van der Waals surface area (Å²) in [5.74, 6) is 0.0903. The average molecular weight is 468 g/mol. The quantitative estimate of drug-likeness (QED) is 0.421. The van der Waals surface area contributed by atoms with Crippen LogP contribution in [-0.2, 0) is 18.8 Å². The van der Waals surface area contributed by atoms with Gasteiger partial charge in [0.15, 0.2) is 6.23 Å². The number of nitrogens with two attached hydrogens (primary N) is 1. The summed E-state index contributed by atoms with van der Waals surface area (Å²) in [6.45, 7) is 3.32. The van der Waals surface area contributed by atoms with Crippen molar-refractivity contribution in [3.8, 4) is 5.75 Å². The molecule has 12 heteroatoms. The van der Waals surface area contributed by atoms with Crippen molar-refractivity contribution in [2.75, 3.05) is 12.8 Å². The SMILES string of the molecule is COC(=O)C(C)NP(Oc1ccccc1)OC(C)C1CC(F)C(n2ccc(N)nc2=O)O1. The predicted octanol–water partition coefficient (Wildman–Crippen LogP) is 2.31. The van der Waals surface area contributed by atoms with Gasteiger partial charge in [0, 0.05) is 12.6 Å². The molecule has 1 aliphatic heterocycles. The number of hydrogen-bond acceptors (Lipinski definition) is 9. The summed E-state index contributed by atoms with van der Waals surface area (Å²) >= 11 is 0. The fraction of sp³-hybridized carbons (Fsp3) is 0.450. The number of rotatable bonds is 9. The number of nitrogens with one attached hydrogen (secondary N) is 1. The number of hydrogen-bond donors (Lipinski definition) is 2. The van der Waals surface area contributed by atoms with E-state index in [-0.39, 0.29) is 12.2 Å².